The van der Waals surface area contributed by atoms with Crippen molar-refractivity contribution >= 4 is 17.6 Å². The quantitative estimate of drug-likeness (QED) is 0.739. The highest BCUT2D eigenvalue weighted by Gasteiger charge is 2.20. The number of benzene rings is 1. The van der Waals surface area contributed by atoms with Crippen LogP contribution in [0.3, 0.4) is 0 Å². The van der Waals surface area contributed by atoms with E-state index in [1.54, 1.807) is 24.5 Å². The molecule has 0 amide bonds. The Bertz CT molecular complexity index is 855. The van der Waals surface area contributed by atoms with Gasteiger partial charge in [-0.05, 0) is 23.8 Å². The minimum absolute atomic E-state index is 0.0652. The summed E-state index contributed by atoms with van der Waals surface area (Å²) < 4.78 is 5.66. The summed E-state index contributed by atoms with van der Waals surface area (Å²) in [6, 6.07) is 14.2. The van der Waals surface area contributed by atoms with Crippen LogP contribution in [0.25, 0.3) is 0 Å². The number of esters is 1. The van der Waals surface area contributed by atoms with Crippen LogP contribution in [-0.2, 0) is 4.74 Å². The molecule has 0 saturated carbocycles. The van der Waals surface area contributed by atoms with E-state index in [0.29, 0.717) is 0 Å². The van der Waals surface area contributed by atoms with Gasteiger partial charge in [0.05, 0.1) is 5.56 Å². The molecule has 1 atom stereocenters. The molecule has 1 unspecified atom stereocenters. The van der Waals surface area contributed by atoms with Crippen molar-refractivity contribution in [1.82, 2.24) is 9.97 Å². The highest BCUT2D eigenvalue weighted by atomic mass is 35.5. The molecular weight excluding hydrogens is 328 g/mol. The lowest BCUT2D eigenvalue weighted by Gasteiger charge is -2.18. The molecule has 0 aliphatic heterocycles. The molecule has 2 aromatic heterocycles. The van der Waals surface area contributed by atoms with Crippen molar-refractivity contribution in [2.24, 2.45) is 0 Å². The van der Waals surface area contributed by atoms with Crippen LogP contribution in [0.1, 0.15) is 27.6 Å². The Morgan fingerprint density at radius 2 is 1.75 bits per heavy atom. The Morgan fingerprint density at radius 1 is 1.08 bits per heavy atom. The molecule has 24 heavy (non-hydrogen) atoms. The van der Waals surface area contributed by atoms with Gasteiger partial charge in [0.1, 0.15) is 5.02 Å². The van der Waals surface area contributed by atoms with Crippen molar-refractivity contribution in [2.75, 3.05) is 0 Å². The van der Waals surface area contributed by atoms with Crippen LogP contribution in [0.2, 0.25) is 5.02 Å². The fourth-order valence-corrected chi connectivity index (χ4v) is 2.42. The summed E-state index contributed by atoms with van der Waals surface area (Å²) in [7, 11) is 0. The lowest BCUT2D eigenvalue weighted by Crippen LogP contribution is -2.15. The second-order valence-electron chi connectivity index (χ2n) is 5.04. The molecular formula is C18H13ClN2O3. The van der Waals surface area contributed by atoms with Crippen LogP contribution in [0.4, 0.5) is 0 Å². The molecule has 2 heterocycles. The summed E-state index contributed by atoms with van der Waals surface area (Å²) in [5.74, 6) is -0.584. The number of carbonyl (C=O) groups excluding carboxylic acids is 1. The van der Waals surface area contributed by atoms with E-state index in [2.05, 4.69) is 9.97 Å². The van der Waals surface area contributed by atoms with Gasteiger partial charge in [-0.3, -0.25) is 9.78 Å². The first-order chi connectivity index (χ1) is 11.6. The summed E-state index contributed by atoms with van der Waals surface area (Å²) >= 11 is 5.77. The first kappa shape index (κ1) is 16.0. The standard InChI is InChI=1S/C18H13ClN2O3/c19-15-10-14(11-21-17(15)22)18(23)24-16(12-4-2-1-3-5-12)13-6-8-20-9-7-13/h1-11,16H,(H,21,22). The molecule has 0 aliphatic rings. The monoisotopic (exact) mass is 340 g/mol. The molecule has 6 heteroatoms. The van der Waals surface area contributed by atoms with Gasteiger partial charge in [-0.15, -0.1) is 0 Å². The summed E-state index contributed by atoms with van der Waals surface area (Å²) in [5.41, 5.74) is 1.34. The third kappa shape index (κ3) is 3.52. The summed E-state index contributed by atoms with van der Waals surface area (Å²) in [5, 5.41) is -0.0652. The minimum Gasteiger partial charge on any atom is -0.449 e. The number of nitrogens with one attached hydrogen (secondary N) is 1. The molecule has 0 aliphatic carbocycles. The summed E-state index contributed by atoms with van der Waals surface area (Å²) in [6.45, 7) is 0. The molecule has 3 aromatic rings. The summed E-state index contributed by atoms with van der Waals surface area (Å²) in [4.78, 5) is 30.1. The van der Waals surface area contributed by atoms with E-state index in [9.17, 15) is 9.59 Å². The normalized spacial score (nSPS) is 11.7. The lowest BCUT2D eigenvalue weighted by atomic mass is 10.0. The SMILES string of the molecule is O=C(OC(c1ccccc1)c1ccncc1)c1c[nH]c(=O)c(Cl)c1. The lowest BCUT2D eigenvalue weighted by molar-refractivity contribution is 0.0377. The Hall–Kier alpha value is -2.92. The number of nitrogens with zero attached hydrogens (tertiary/aromatic N) is 1. The maximum absolute atomic E-state index is 12.4. The van der Waals surface area contributed by atoms with Crippen molar-refractivity contribution in [2.45, 2.75) is 6.10 Å². The van der Waals surface area contributed by atoms with Crippen LogP contribution in [0.5, 0.6) is 0 Å². The van der Waals surface area contributed by atoms with E-state index in [0.717, 1.165) is 11.1 Å². The van der Waals surface area contributed by atoms with Gasteiger partial charge < -0.3 is 9.72 Å². The van der Waals surface area contributed by atoms with E-state index in [-0.39, 0.29) is 10.6 Å². The van der Waals surface area contributed by atoms with Crippen LogP contribution in [0.15, 0.2) is 71.9 Å². The molecule has 0 radical (unpaired) electrons. The van der Waals surface area contributed by atoms with Crippen molar-refractivity contribution in [3.05, 3.63) is 99.2 Å². The maximum atomic E-state index is 12.4. The fraction of sp³-hybridized carbons (Fsp3) is 0.0556. The zero-order valence-corrected chi connectivity index (χ0v) is 13.2. The zero-order chi connectivity index (χ0) is 16.9. The number of pyridine rings is 2. The second-order valence-corrected chi connectivity index (χ2v) is 5.45. The number of aromatic nitrogens is 2. The molecule has 120 valence electrons. The smallest absolute Gasteiger partial charge is 0.340 e. The van der Waals surface area contributed by atoms with Crippen LogP contribution >= 0.6 is 11.6 Å². The number of hydrogen-bond donors (Lipinski definition) is 1. The number of hydrogen-bond acceptors (Lipinski definition) is 4. The van der Waals surface area contributed by atoms with E-state index in [4.69, 9.17) is 16.3 Å². The highest BCUT2D eigenvalue weighted by Crippen LogP contribution is 2.26. The van der Waals surface area contributed by atoms with E-state index >= 15 is 0 Å². The first-order valence-corrected chi connectivity index (χ1v) is 7.57. The molecule has 0 bridgehead atoms. The molecule has 3 rings (SSSR count). The molecule has 0 fully saturated rings. The van der Waals surface area contributed by atoms with Crippen molar-refractivity contribution < 1.29 is 9.53 Å². The predicted molar refractivity (Wildman–Crippen MR) is 90.0 cm³/mol. The minimum atomic E-state index is -0.590. The number of ether oxygens (including phenoxy) is 1. The van der Waals surface area contributed by atoms with Gasteiger partial charge in [0, 0.05) is 24.2 Å². The van der Waals surface area contributed by atoms with Crippen LogP contribution in [-0.4, -0.2) is 15.9 Å². The zero-order valence-electron chi connectivity index (χ0n) is 12.5. The Balaban J connectivity index is 1.93. The maximum Gasteiger partial charge on any atom is 0.340 e. The first-order valence-electron chi connectivity index (χ1n) is 7.19. The number of rotatable bonds is 4. The van der Waals surface area contributed by atoms with Gasteiger partial charge in [-0.1, -0.05) is 41.9 Å². The van der Waals surface area contributed by atoms with Gasteiger partial charge in [0.2, 0.25) is 0 Å². The molecule has 0 saturated heterocycles. The Kier molecular flexibility index (Phi) is 4.72. The topological polar surface area (TPSA) is 72.0 Å². The van der Waals surface area contributed by atoms with Crippen molar-refractivity contribution in [3.8, 4) is 0 Å². The van der Waals surface area contributed by atoms with Crippen molar-refractivity contribution in [3.63, 3.8) is 0 Å². The molecule has 1 aromatic carbocycles. The third-order valence-electron chi connectivity index (χ3n) is 3.43. The number of aromatic amines is 1. The number of H-pyrrole nitrogens is 1. The third-order valence-corrected chi connectivity index (χ3v) is 3.71. The van der Waals surface area contributed by atoms with Gasteiger partial charge in [-0.2, -0.15) is 0 Å². The molecule has 0 spiro atoms. The highest BCUT2D eigenvalue weighted by molar-refractivity contribution is 6.30. The number of carbonyl (C=O) groups is 1. The molecule has 1 N–H and O–H groups in total. The largest absolute Gasteiger partial charge is 0.449 e. The summed E-state index contributed by atoms with van der Waals surface area (Å²) in [6.07, 6.45) is 3.96. The molecule has 5 nitrogen and oxygen atoms in total. The Morgan fingerprint density at radius 3 is 2.42 bits per heavy atom. The van der Waals surface area contributed by atoms with Gasteiger partial charge in [0.25, 0.3) is 5.56 Å². The van der Waals surface area contributed by atoms with Crippen LogP contribution < -0.4 is 5.56 Å². The average Bonchev–Trinajstić information content (AvgIpc) is 2.63. The second kappa shape index (κ2) is 7.10. The van der Waals surface area contributed by atoms with E-state index in [1.807, 2.05) is 30.3 Å². The van der Waals surface area contributed by atoms with Crippen LogP contribution in [0, 0.1) is 0 Å². The van der Waals surface area contributed by atoms with Crippen molar-refractivity contribution in [1.29, 1.82) is 0 Å². The van der Waals surface area contributed by atoms with Gasteiger partial charge >= 0.3 is 5.97 Å². The van der Waals surface area contributed by atoms with Gasteiger partial charge in [-0.25, -0.2) is 4.79 Å². The number of halogens is 1. The fourth-order valence-electron chi connectivity index (χ4n) is 2.24. The Labute approximate surface area is 142 Å². The predicted octanol–water partition coefficient (Wildman–Crippen LogP) is 3.37. The van der Waals surface area contributed by atoms with E-state index < -0.39 is 17.6 Å². The average molecular weight is 341 g/mol. The van der Waals surface area contributed by atoms with Gasteiger partial charge in [0.15, 0.2) is 6.10 Å². The van der Waals surface area contributed by atoms with E-state index in [1.165, 1.54) is 12.3 Å².